The second-order valence-electron chi connectivity index (χ2n) is 7.70. The molecule has 0 spiro atoms. The number of hydrogen-bond acceptors (Lipinski definition) is 6. The van der Waals surface area contributed by atoms with Crippen molar-refractivity contribution in [3.05, 3.63) is 47.1 Å². The van der Waals surface area contributed by atoms with Gasteiger partial charge in [-0.2, -0.15) is 4.98 Å². The number of ether oxygens (including phenoxy) is 1. The number of amides is 1. The minimum Gasteiger partial charge on any atom is -0.379 e. The lowest BCUT2D eigenvalue weighted by atomic mass is 9.93. The molecule has 1 aromatic heterocycles. The Kier molecular flexibility index (Phi) is 4.21. The van der Waals surface area contributed by atoms with Crippen LogP contribution in [0.25, 0.3) is 0 Å². The topological polar surface area (TPSA) is 71.7 Å². The van der Waals surface area contributed by atoms with Gasteiger partial charge in [-0.25, -0.2) is 0 Å². The first kappa shape index (κ1) is 16.9. The molecule has 3 aliphatic rings. The van der Waals surface area contributed by atoms with Crippen molar-refractivity contribution in [2.75, 3.05) is 39.4 Å². The van der Waals surface area contributed by atoms with Crippen molar-refractivity contribution in [3.8, 4) is 0 Å². The average molecular weight is 368 g/mol. The normalized spacial score (nSPS) is 27.6. The molecule has 1 aliphatic carbocycles. The summed E-state index contributed by atoms with van der Waals surface area (Å²) in [5.74, 6) is 1.89. The summed E-state index contributed by atoms with van der Waals surface area (Å²) in [5.41, 5.74) is 2.84. The molecule has 1 amide bonds. The van der Waals surface area contributed by atoms with Crippen LogP contribution in [-0.4, -0.2) is 65.2 Å². The Morgan fingerprint density at radius 3 is 2.70 bits per heavy atom. The van der Waals surface area contributed by atoms with Crippen molar-refractivity contribution in [1.82, 2.24) is 19.9 Å². The smallest absolute Gasteiger partial charge is 0.236 e. The molecule has 3 atom stereocenters. The lowest BCUT2D eigenvalue weighted by Crippen LogP contribution is -2.42. The minimum atomic E-state index is 0.0752. The third-order valence-corrected chi connectivity index (χ3v) is 6.15. The van der Waals surface area contributed by atoms with Gasteiger partial charge in [0, 0.05) is 44.1 Å². The molecular formula is C20H24N4O3. The van der Waals surface area contributed by atoms with Crippen LogP contribution in [0.2, 0.25) is 0 Å². The Hall–Kier alpha value is -2.25. The second kappa shape index (κ2) is 6.73. The number of hydrogen-bond donors (Lipinski definition) is 0. The zero-order valence-corrected chi connectivity index (χ0v) is 15.5. The molecule has 2 saturated heterocycles. The second-order valence-corrected chi connectivity index (χ2v) is 7.70. The van der Waals surface area contributed by atoms with E-state index in [-0.39, 0.29) is 12.3 Å². The Balaban J connectivity index is 1.38. The summed E-state index contributed by atoms with van der Waals surface area (Å²) in [4.78, 5) is 21.5. The molecule has 2 aliphatic heterocycles. The van der Waals surface area contributed by atoms with Crippen LogP contribution >= 0.6 is 0 Å². The lowest BCUT2D eigenvalue weighted by Gasteiger charge is -2.36. The average Bonchev–Trinajstić information content (AvgIpc) is 3.36. The van der Waals surface area contributed by atoms with Gasteiger partial charge in [0.15, 0.2) is 5.82 Å². The molecule has 0 bridgehead atoms. The third-order valence-electron chi connectivity index (χ3n) is 6.15. The van der Waals surface area contributed by atoms with E-state index in [1.165, 1.54) is 11.1 Å². The molecule has 1 aromatic carbocycles. The molecule has 0 N–H and O–H groups in total. The molecule has 7 nitrogen and oxygen atoms in total. The minimum absolute atomic E-state index is 0.0752. The summed E-state index contributed by atoms with van der Waals surface area (Å²) in [5, 5.41) is 3.78. The van der Waals surface area contributed by atoms with Gasteiger partial charge in [-0.1, -0.05) is 29.4 Å². The van der Waals surface area contributed by atoms with E-state index in [1.807, 2.05) is 4.90 Å². The van der Waals surface area contributed by atoms with Gasteiger partial charge in [0.2, 0.25) is 11.8 Å². The molecule has 7 heteroatoms. The first-order valence-corrected chi connectivity index (χ1v) is 9.68. The predicted molar refractivity (Wildman–Crippen MR) is 97.1 cm³/mol. The predicted octanol–water partition coefficient (Wildman–Crippen LogP) is 1.55. The molecular weight excluding hydrogens is 344 g/mol. The highest BCUT2D eigenvalue weighted by molar-refractivity contribution is 5.78. The quantitative estimate of drug-likeness (QED) is 0.819. The number of rotatable bonds is 3. The lowest BCUT2D eigenvalue weighted by molar-refractivity contribution is -0.130. The van der Waals surface area contributed by atoms with E-state index in [1.54, 1.807) is 6.92 Å². The van der Waals surface area contributed by atoms with Gasteiger partial charge in [-0.3, -0.25) is 9.69 Å². The third kappa shape index (κ3) is 2.95. The van der Waals surface area contributed by atoms with Gasteiger partial charge in [0.1, 0.15) is 6.42 Å². The highest BCUT2D eigenvalue weighted by Gasteiger charge is 2.49. The first-order valence-electron chi connectivity index (χ1n) is 9.68. The van der Waals surface area contributed by atoms with E-state index in [0.717, 1.165) is 39.4 Å². The standard InChI is InChI=1S/C20H24N4O3/c1-13-21-18(27-22-13)10-19(25)24-11-16-14-4-2-3-5-15(14)20(17(16)12-24)23-6-8-26-9-7-23/h2-5,16-17,20H,6-12H2,1H3/t16-,17-,20-/m0/s1. The Morgan fingerprint density at radius 2 is 1.96 bits per heavy atom. The van der Waals surface area contributed by atoms with Crippen molar-refractivity contribution in [2.45, 2.75) is 25.3 Å². The molecule has 5 rings (SSSR count). The van der Waals surface area contributed by atoms with Crippen molar-refractivity contribution in [2.24, 2.45) is 5.92 Å². The highest BCUT2D eigenvalue weighted by atomic mass is 16.5. The zero-order valence-electron chi connectivity index (χ0n) is 15.5. The van der Waals surface area contributed by atoms with E-state index >= 15 is 0 Å². The molecule has 142 valence electrons. The summed E-state index contributed by atoms with van der Waals surface area (Å²) in [6, 6.07) is 9.13. The first-order chi connectivity index (χ1) is 13.2. The van der Waals surface area contributed by atoms with E-state index in [2.05, 4.69) is 39.3 Å². The van der Waals surface area contributed by atoms with Crippen molar-refractivity contribution in [1.29, 1.82) is 0 Å². The maximum Gasteiger partial charge on any atom is 0.236 e. The fourth-order valence-corrected chi connectivity index (χ4v) is 5.01. The SMILES string of the molecule is Cc1noc(CC(=O)N2C[C@H]3[C@@H](C2)c2ccccc2[C@@H]3N2CCOCC2)n1. The van der Waals surface area contributed by atoms with Crippen LogP contribution in [-0.2, 0) is 16.0 Å². The van der Waals surface area contributed by atoms with Crippen LogP contribution in [0.1, 0.15) is 34.8 Å². The van der Waals surface area contributed by atoms with Crippen LogP contribution in [0.3, 0.4) is 0 Å². The largest absolute Gasteiger partial charge is 0.379 e. The summed E-state index contributed by atoms with van der Waals surface area (Å²) in [6.45, 7) is 6.81. The van der Waals surface area contributed by atoms with Gasteiger partial charge >= 0.3 is 0 Å². The molecule has 0 saturated carbocycles. The van der Waals surface area contributed by atoms with Gasteiger partial charge in [0.05, 0.1) is 13.2 Å². The fraction of sp³-hybridized carbons (Fsp3) is 0.550. The summed E-state index contributed by atoms with van der Waals surface area (Å²) in [6.07, 6.45) is 0.185. The Morgan fingerprint density at radius 1 is 1.19 bits per heavy atom. The zero-order chi connectivity index (χ0) is 18.4. The molecule has 2 fully saturated rings. The Bertz CT molecular complexity index is 845. The molecule has 2 aromatic rings. The van der Waals surface area contributed by atoms with Crippen LogP contribution < -0.4 is 0 Å². The van der Waals surface area contributed by atoms with Gasteiger partial charge in [-0.05, 0) is 18.1 Å². The summed E-state index contributed by atoms with van der Waals surface area (Å²) in [7, 11) is 0. The monoisotopic (exact) mass is 368 g/mol. The van der Waals surface area contributed by atoms with Crippen LogP contribution in [0.5, 0.6) is 0 Å². The van der Waals surface area contributed by atoms with E-state index in [0.29, 0.717) is 29.6 Å². The van der Waals surface area contributed by atoms with Crippen molar-refractivity contribution in [3.63, 3.8) is 0 Å². The van der Waals surface area contributed by atoms with Gasteiger partial charge in [-0.15, -0.1) is 0 Å². The van der Waals surface area contributed by atoms with Crippen LogP contribution in [0.15, 0.2) is 28.8 Å². The van der Waals surface area contributed by atoms with E-state index < -0.39 is 0 Å². The number of fused-ring (bicyclic) bond motifs is 3. The fourth-order valence-electron chi connectivity index (χ4n) is 5.01. The summed E-state index contributed by atoms with van der Waals surface area (Å²) < 4.78 is 10.7. The molecule has 0 radical (unpaired) electrons. The Labute approximate surface area is 158 Å². The van der Waals surface area contributed by atoms with Crippen molar-refractivity contribution >= 4 is 5.91 Å². The van der Waals surface area contributed by atoms with E-state index in [4.69, 9.17) is 9.26 Å². The van der Waals surface area contributed by atoms with E-state index in [9.17, 15) is 4.79 Å². The number of morpholine rings is 1. The number of nitrogens with zero attached hydrogens (tertiary/aromatic N) is 4. The van der Waals surface area contributed by atoms with Gasteiger partial charge < -0.3 is 14.2 Å². The van der Waals surface area contributed by atoms with Gasteiger partial charge in [0.25, 0.3) is 0 Å². The highest BCUT2D eigenvalue weighted by Crippen LogP contribution is 2.51. The maximum absolute atomic E-state index is 12.8. The number of carbonyl (C=O) groups excluding carboxylic acids is 1. The number of benzene rings is 1. The maximum atomic E-state index is 12.8. The summed E-state index contributed by atoms with van der Waals surface area (Å²) >= 11 is 0. The number of aryl methyl sites for hydroxylation is 1. The number of carbonyl (C=O) groups is 1. The van der Waals surface area contributed by atoms with Crippen LogP contribution in [0.4, 0.5) is 0 Å². The number of likely N-dealkylation sites (tertiary alicyclic amines) is 1. The van der Waals surface area contributed by atoms with Crippen LogP contribution in [0, 0.1) is 12.8 Å². The molecule has 3 heterocycles. The van der Waals surface area contributed by atoms with Crippen molar-refractivity contribution < 1.29 is 14.1 Å². The number of aromatic nitrogens is 2. The molecule has 0 unspecified atom stereocenters. The molecule has 27 heavy (non-hydrogen) atoms.